The number of amides is 4. The van der Waals surface area contributed by atoms with E-state index >= 15 is 0 Å². The zero-order chi connectivity index (χ0) is 25.4. The molecule has 3 aromatic rings. The van der Waals surface area contributed by atoms with Crippen LogP contribution in [0, 0.1) is 20.8 Å². The van der Waals surface area contributed by atoms with Crippen molar-refractivity contribution >= 4 is 51.5 Å². The van der Waals surface area contributed by atoms with Gasteiger partial charge >= 0.3 is 12.0 Å². The second-order valence-electron chi connectivity index (χ2n) is 8.09. The van der Waals surface area contributed by atoms with Gasteiger partial charge in [0.15, 0.2) is 0 Å². The van der Waals surface area contributed by atoms with Gasteiger partial charge in [0.25, 0.3) is 11.8 Å². The van der Waals surface area contributed by atoms with Crippen LogP contribution in [0.25, 0.3) is 11.8 Å². The highest BCUT2D eigenvalue weighted by atomic mass is 79.9. The van der Waals surface area contributed by atoms with Crippen molar-refractivity contribution in [2.75, 3.05) is 12.0 Å². The number of urea groups is 1. The predicted octanol–water partition coefficient (Wildman–Crippen LogP) is 4.62. The first kappa shape index (κ1) is 24.2. The first-order valence-corrected chi connectivity index (χ1v) is 11.5. The number of rotatable bonds is 4. The van der Waals surface area contributed by atoms with Gasteiger partial charge in [-0.3, -0.25) is 14.9 Å². The average molecular weight is 536 g/mol. The van der Waals surface area contributed by atoms with Gasteiger partial charge in [-0.2, -0.15) is 0 Å². The van der Waals surface area contributed by atoms with E-state index in [1.807, 2.05) is 37.5 Å². The molecular weight excluding hydrogens is 514 g/mol. The molecule has 9 heteroatoms. The number of hydrogen-bond acceptors (Lipinski definition) is 5. The molecule has 4 amide bonds. The van der Waals surface area contributed by atoms with Gasteiger partial charge in [-0.15, -0.1) is 0 Å². The van der Waals surface area contributed by atoms with E-state index in [-0.39, 0.29) is 5.57 Å². The number of carbonyl (C=O) groups is 4. The molecule has 178 valence electrons. The summed E-state index contributed by atoms with van der Waals surface area (Å²) >= 11 is 3.33. The molecule has 1 N–H and O–H groups in total. The van der Waals surface area contributed by atoms with Crippen LogP contribution in [0.2, 0.25) is 0 Å². The Labute approximate surface area is 210 Å². The Morgan fingerprint density at radius 2 is 1.77 bits per heavy atom. The molecule has 1 aliphatic heterocycles. The van der Waals surface area contributed by atoms with Crippen LogP contribution in [0.4, 0.5) is 10.5 Å². The highest BCUT2D eigenvalue weighted by molar-refractivity contribution is 9.10. The van der Waals surface area contributed by atoms with Crippen molar-refractivity contribution in [3.05, 3.63) is 86.7 Å². The summed E-state index contributed by atoms with van der Waals surface area (Å²) in [5, 5.41) is 2.25. The molecule has 1 fully saturated rings. The second kappa shape index (κ2) is 9.34. The quantitative estimate of drug-likeness (QED) is 0.298. The smallest absolute Gasteiger partial charge is 0.337 e. The van der Waals surface area contributed by atoms with Gasteiger partial charge in [-0.05, 0) is 80.4 Å². The summed E-state index contributed by atoms with van der Waals surface area (Å²) in [4.78, 5) is 51.1. The summed E-state index contributed by atoms with van der Waals surface area (Å²) in [6.45, 7) is 5.66. The van der Waals surface area contributed by atoms with Gasteiger partial charge in [0.05, 0.1) is 18.4 Å². The molecule has 1 saturated heterocycles. The highest BCUT2D eigenvalue weighted by Crippen LogP contribution is 2.28. The molecule has 35 heavy (non-hydrogen) atoms. The molecule has 0 unspecified atom stereocenters. The summed E-state index contributed by atoms with van der Waals surface area (Å²) in [6.07, 6.45) is 1.49. The lowest BCUT2D eigenvalue weighted by molar-refractivity contribution is -0.122. The van der Waals surface area contributed by atoms with Crippen LogP contribution < -0.4 is 10.2 Å². The number of benzene rings is 2. The monoisotopic (exact) mass is 535 g/mol. The third kappa shape index (κ3) is 4.42. The van der Waals surface area contributed by atoms with Crippen molar-refractivity contribution in [2.24, 2.45) is 0 Å². The van der Waals surface area contributed by atoms with E-state index in [0.29, 0.717) is 21.3 Å². The minimum Gasteiger partial charge on any atom is -0.465 e. The minimum atomic E-state index is -0.804. The molecular formula is C26H22BrN3O5. The lowest BCUT2D eigenvalue weighted by atomic mass is 10.1. The molecule has 0 radical (unpaired) electrons. The first-order chi connectivity index (χ1) is 16.6. The van der Waals surface area contributed by atoms with Crippen molar-refractivity contribution in [1.82, 2.24) is 9.88 Å². The van der Waals surface area contributed by atoms with E-state index in [1.165, 1.54) is 13.2 Å². The maximum Gasteiger partial charge on any atom is 0.337 e. The Bertz CT molecular complexity index is 1440. The molecule has 0 saturated carbocycles. The molecule has 0 aliphatic carbocycles. The van der Waals surface area contributed by atoms with Crippen LogP contribution in [0.1, 0.15) is 32.9 Å². The van der Waals surface area contributed by atoms with Crippen molar-refractivity contribution < 1.29 is 23.9 Å². The molecule has 4 rings (SSSR count). The van der Waals surface area contributed by atoms with E-state index in [1.54, 1.807) is 36.4 Å². The number of halogens is 1. The van der Waals surface area contributed by atoms with E-state index in [2.05, 4.69) is 21.2 Å². The van der Waals surface area contributed by atoms with Gasteiger partial charge in [0.2, 0.25) is 0 Å². The van der Waals surface area contributed by atoms with E-state index in [9.17, 15) is 19.2 Å². The SMILES string of the molecule is COC(=O)c1ccc(-n2c(C)cc(/C=C3\C(=O)NC(=O)N(c4cccc(Br)c4)C3=O)c2C)c(C)c1. The van der Waals surface area contributed by atoms with Crippen molar-refractivity contribution in [1.29, 1.82) is 0 Å². The number of imide groups is 2. The molecule has 1 aromatic heterocycles. The number of aromatic nitrogens is 1. The fourth-order valence-electron chi connectivity index (χ4n) is 4.12. The maximum atomic E-state index is 13.2. The number of aryl methyl sites for hydroxylation is 2. The first-order valence-electron chi connectivity index (χ1n) is 10.7. The molecule has 0 atom stereocenters. The lowest BCUT2D eigenvalue weighted by Gasteiger charge is -2.26. The van der Waals surface area contributed by atoms with Crippen LogP contribution in [-0.2, 0) is 14.3 Å². The van der Waals surface area contributed by atoms with Crippen LogP contribution in [0.15, 0.2) is 58.6 Å². The van der Waals surface area contributed by atoms with Gasteiger partial charge in [0, 0.05) is 21.5 Å². The highest BCUT2D eigenvalue weighted by Gasteiger charge is 2.37. The summed E-state index contributed by atoms with van der Waals surface area (Å²) in [6, 6.07) is 13.0. The number of ether oxygens (including phenoxy) is 1. The van der Waals surface area contributed by atoms with E-state index in [4.69, 9.17) is 4.74 Å². The Morgan fingerprint density at radius 1 is 1.03 bits per heavy atom. The third-order valence-corrected chi connectivity index (χ3v) is 6.29. The molecule has 8 nitrogen and oxygen atoms in total. The number of methoxy groups -OCH3 is 1. The van der Waals surface area contributed by atoms with Crippen molar-refractivity contribution in [3.8, 4) is 5.69 Å². The molecule has 0 spiro atoms. The van der Waals surface area contributed by atoms with Gasteiger partial charge in [0.1, 0.15) is 5.57 Å². The lowest BCUT2D eigenvalue weighted by Crippen LogP contribution is -2.54. The Balaban J connectivity index is 1.76. The zero-order valence-electron chi connectivity index (χ0n) is 19.5. The van der Waals surface area contributed by atoms with E-state index in [0.717, 1.165) is 27.5 Å². The molecule has 2 heterocycles. The number of nitrogens with one attached hydrogen (secondary N) is 1. The summed E-state index contributed by atoms with van der Waals surface area (Å²) in [5.41, 5.74) is 4.65. The number of nitrogens with zero attached hydrogens (tertiary/aromatic N) is 2. The molecule has 2 aromatic carbocycles. The van der Waals surface area contributed by atoms with Crippen molar-refractivity contribution in [2.45, 2.75) is 20.8 Å². The Morgan fingerprint density at radius 3 is 2.43 bits per heavy atom. The standard InChI is InChI=1S/C26H22BrN3O5/c1-14-10-17(25(33)35-4)8-9-22(14)29-15(2)11-18(16(29)3)12-21-23(31)28-26(34)30(24(21)32)20-7-5-6-19(27)13-20/h5-13H,1-4H3,(H,28,31,34)/b21-12+. The number of barbiturate groups is 1. The van der Waals surface area contributed by atoms with Crippen molar-refractivity contribution in [3.63, 3.8) is 0 Å². The average Bonchev–Trinajstić information content (AvgIpc) is 3.08. The Kier molecular flexibility index (Phi) is 6.45. The Hall–Kier alpha value is -3.98. The summed E-state index contributed by atoms with van der Waals surface area (Å²) in [5.74, 6) is -1.88. The largest absolute Gasteiger partial charge is 0.465 e. The molecule has 0 bridgehead atoms. The van der Waals surface area contributed by atoms with E-state index < -0.39 is 23.8 Å². The fourth-order valence-corrected chi connectivity index (χ4v) is 4.51. The maximum absolute atomic E-state index is 13.2. The number of anilines is 1. The summed E-state index contributed by atoms with van der Waals surface area (Å²) in [7, 11) is 1.33. The van der Waals surface area contributed by atoms with Crippen LogP contribution >= 0.6 is 15.9 Å². The fraction of sp³-hybridized carbons (Fsp3) is 0.154. The normalized spacial score (nSPS) is 14.9. The van der Waals surface area contributed by atoms with Crippen LogP contribution in [-0.4, -0.2) is 35.5 Å². The predicted molar refractivity (Wildman–Crippen MR) is 134 cm³/mol. The van der Waals surface area contributed by atoms with Crippen LogP contribution in [0.5, 0.6) is 0 Å². The zero-order valence-corrected chi connectivity index (χ0v) is 21.1. The van der Waals surface area contributed by atoms with Gasteiger partial charge in [-0.25, -0.2) is 14.5 Å². The molecule has 1 aliphatic rings. The topological polar surface area (TPSA) is 97.7 Å². The second-order valence-corrected chi connectivity index (χ2v) is 9.01. The number of carbonyl (C=O) groups excluding carboxylic acids is 4. The van der Waals surface area contributed by atoms with Crippen LogP contribution in [0.3, 0.4) is 0 Å². The number of hydrogen-bond donors (Lipinski definition) is 1. The number of esters is 1. The summed E-state index contributed by atoms with van der Waals surface area (Å²) < 4.78 is 7.46. The third-order valence-electron chi connectivity index (χ3n) is 5.80. The van der Waals surface area contributed by atoms with Gasteiger partial charge < -0.3 is 9.30 Å². The van der Waals surface area contributed by atoms with Gasteiger partial charge in [-0.1, -0.05) is 22.0 Å². The minimum absolute atomic E-state index is 0.150.